The number of carbonyl (C=O) groups excluding carboxylic acids is 1. The van der Waals surface area contributed by atoms with Gasteiger partial charge >= 0.3 is 0 Å². The highest BCUT2D eigenvalue weighted by Gasteiger charge is 2.32. The molecular weight excluding hydrogens is 472 g/mol. The number of carbonyl (C=O) groups is 1. The molecule has 0 radical (unpaired) electrons. The van der Waals surface area contributed by atoms with Gasteiger partial charge in [0.15, 0.2) is 0 Å². The maximum Gasteiger partial charge on any atom is 0.254 e. The van der Waals surface area contributed by atoms with E-state index in [-0.39, 0.29) is 11.9 Å². The van der Waals surface area contributed by atoms with Crippen LogP contribution in [0.1, 0.15) is 40.7 Å². The molecule has 1 heterocycles. The lowest BCUT2D eigenvalue weighted by Gasteiger charge is -2.40. The lowest BCUT2D eigenvalue weighted by molar-refractivity contribution is 0.0576. The SMILES string of the molecule is COc1cc(OC)cc(C(=O)N2CC[C@H](NCCCc3ccccc3Cl)C[C@H]2Cc2ccccc2)c1. The van der Waals surface area contributed by atoms with Crippen molar-refractivity contribution in [1.82, 2.24) is 10.2 Å². The van der Waals surface area contributed by atoms with Crippen LogP contribution in [0.4, 0.5) is 0 Å². The van der Waals surface area contributed by atoms with Crippen molar-refractivity contribution in [2.45, 2.75) is 44.2 Å². The van der Waals surface area contributed by atoms with Crippen molar-refractivity contribution in [3.8, 4) is 11.5 Å². The molecule has 6 heteroatoms. The van der Waals surface area contributed by atoms with E-state index in [1.807, 2.05) is 29.2 Å². The summed E-state index contributed by atoms with van der Waals surface area (Å²) in [6.07, 6.45) is 4.63. The molecule has 4 rings (SSSR count). The highest BCUT2D eigenvalue weighted by Crippen LogP contribution is 2.28. The average Bonchev–Trinajstić information content (AvgIpc) is 2.92. The second-order valence-corrected chi connectivity index (χ2v) is 9.72. The van der Waals surface area contributed by atoms with Gasteiger partial charge in [-0.2, -0.15) is 0 Å². The van der Waals surface area contributed by atoms with Crippen molar-refractivity contribution in [2.75, 3.05) is 27.3 Å². The number of methoxy groups -OCH3 is 2. The minimum absolute atomic E-state index is 0.0188. The zero-order valence-electron chi connectivity index (χ0n) is 21.1. The van der Waals surface area contributed by atoms with Gasteiger partial charge in [0.05, 0.1) is 14.2 Å². The third-order valence-electron chi connectivity index (χ3n) is 6.90. The van der Waals surface area contributed by atoms with E-state index in [1.165, 1.54) is 11.1 Å². The van der Waals surface area contributed by atoms with Gasteiger partial charge in [0.25, 0.3) is 5.91 Å². The molecule has 0 saturated carbocycles. The smallest absolute Gasteiger partial charge is 0.254 e. The minimum atomic E-state index is 0.0188. The maximum absolute atomic E-state index is 13.7. The second kappa shape index (κ2) is 12.8. The van der Waals surface area contributed by atoms with E-state index in [2.05, 4.69) is 35.6 Å². The summed E-state index contributed by atoms with van der Waals surface area (Å²) in [4.78, 5) is 15.7. The van der Waals surface area contributed by atoms with Gasteiger partial charge in [-0.1, -0.05) is 60.1 Å². The zero-order valence-corrected chi connectivity index (χ0v) is 21.8. The van der Waals surface area contributed by atoms with Crippen LogP contribution >= 0.6 is 11.6 Å². The molecule has 190 valence electrons. The first-order chi connectivity index (χ1) is 17.6. The summed E-state index contributed by atoms with van der Waals surface area (Å²) in [6.45, 7) is 1.63. The molecule has 0 bridgehead atoms. The number of halogens is 1. The summed E-state index contributed by atoms with van der Waals surface area (Å²) < 4.78 is 10.8. The molecule has 2 atom stereocenters. The second-order valence-electron chi connectivity index (χ2n) is 9.31. The van der Waals surface area contributed by atoms with E-state index in [9.17, 15) is 4.79 Å². The first-order valence-electron chi connectivity index (χ1n) is 12.6. The largest absolute Gasteiger partial charge is 0.497 e. The fourth-order valence-electron chi connectivity index (χ4n) is 4.97. The molecule has 1 N–H and O–H groups in total. The first kappa shape index (κ1) is 26.1. The summed E-state index contributed by atoms with van der Waals surface area (Å²) in [5.74, 6) is 1.25. The Morgan fingerprint density at radius 1 is 1.00 bits per heavy atom. The summed E-state index contributed by atoms with van der Waals surface area (Å²) in [6, 6.07) is 24.3. The summed E-state index contributed by atoms with van der Waals surface area (Å²) in [7, 11) is 3.20. The molecule has 1 fully saturated rings. The van der Waals surface area contributed by atoms with E-state index in [0.717, 1.165) is 43.7 Å². The average molecular weight is 507 g/mol. The lowest BCUT2D eigenvalue weighted by Crippen LogP contribution is -2.52. The fourth-order valence-corrected chi connectivity index (χ4v) is 5.20. The summed E-state index contributed by atoms with van der Waals surface area (Å²) in [5.41, 5.74) is 3.02. The molecule has 5 nitrogen and oxygen atoms in total. The number of piperidine rings is 1. The Hall–Kier alpha value is -3.02. The Kier molecular flexibility index (Phi) is 9.26. The van der Waals surface area contributed by atoms with Crippen LogP contribution in [0.3, 0.4) is 0 Å². The number of amides is 1. The topological polar surface area (TPSA) is 50.8 Å². The molecular formula is C30H35ClN2O3. The van der Waals surface area contributed by atoms with Gasteiger partial charge in [0.2, 0.25) is 0 Å². The first-order valence-corrected chi connectivity index (χ1v) is 13.0. The molecule has 3 aromatic carbocycles. The van der Waals surface area contributed by atoms with Crippen LogP contribution in [-0.4, -0.2) is 50.2 Å². The van der Waals surface area contributed by atoms with Gasteiger partial charge in [-0.05, 0) is 68.0 Å². The Bertz CT molecular complexity index is 1120. The lowest BCUT2D eigenvalue weighted by atomic mass is 9.91. The van der Waals surface area contributed by atoms with E-state index in [0.29, 0.717) is 29.6 Å². The Morgan fingerprint density at radius 3 is 2.39 bits per heavy atom. The highest BCUT2D eigenvalue weighted by atomic mass is 35.5. The molecule has 0 unspecified atom stereocenters. The summed E-state index contributed by atoms with van der Waals surface area (Å²) in [5, 5.41) is 4.58. The normalized spacial score (nSPS) is 17.6. The van der Waals surface area contributed by atoms with Crippen molar-refractivity contribution in [3.05, 3.63) is 94.5 Å². The number of hydrogen-bond donors (Lipinski definition) is 1. The maximum atomic E-state index is 13.7. The van der Waals surface area contributed by atoms with Crippen molar-refractivity contribution in [2.24, 2.45) is 0 Å². The van der Waals surface area contributed by atoms with Gasteiger partial charge in [-0.25, -0.2) is 0 Å². The Labute approximate surface area is 219 Å². The summed E-state index contributed by atoms with van der Waals surface area (Å²) >= 11 is 6.31. The number of hydrogen-bond acceptors (Lipinski definition) is 4. The molecule has 1 amide bonds. The zero-order chi connectivity index (χ0) is 25.3. The quantitative estimate of drug-likeness (QED) is 0.353. The van der Waals surface area contributed by atoms with Gasteiger partial charge in [-0.3, -0.25) is 4.79 Å². The van der Waals surface area contributed by atoms with E-state index in [4.69, 9.17) is 21.1 Å². The predicted molar refractivity (Wildman–Crippen MR) is 145 cm³/mol. The van der Waals surface area contributed by atoms with Gasteiger partial charge in [0, 0.05) is 35.3 Å². The van der Waals surface area contributed by atoms with E-state index >= 15 is 0 Å². The number of nitrogens with one attached hydrogen (secondary N) is 1. The van der Waals surface area contributed by atoms with Crippen molar-refractivity contribution >= 4 is 17.5 Å². The van der Waals surface area contributed by atoms with Crippen LogP contribution in [0.25, 0.3) is 0 Å². The molecule has 1 aliphatic rings. The Morgan fingerprint density at radius 2 is 1.69 bits per heavy atom. The molecule has 1 saturated heterocycles. The van der Waals surface area contributed by atoms with Crippen LogP contribution < -0.4 is 14.8 Å². The minimum Gasteiger partial charge on any atom is -0.497 e. The Balaban J connectivity index is 1.43. The standard InChI is InChI=1S/C30H35ClN2O3/c1-35-27-18-24(19-28(21-27)36-2)30(34)33-16-14-25(20-26(33)17-22-9-4-3-5-10-22)32-15-8-12-23-11-6-7-13-29(23)31/h3-7,9-11,13,18-19,21,25-26,32H,8,12,14-17,20H2,1-2H3/t25-,26+/m0/s1. The number of rotatable bonds is 10. The van der Waals surface area contributed by atoms with Crippen LogP contribution in [0.5, 0.6) is 11.5 Å². The number of likely N-dealkylation sites (tertiary alicyclic amines) is 1. The number of aryl methyl sites for hydroxylation is 1. The van der Waals surface area contributed by atoms with Gasteiger partial charge in [-0.15, -0.1) is 0 Å². The number of ether oxygens (including phenoxy) is 2. The number of benzene rings is 3. The molecule has 1 aliphatic heterocycles. The third-order valence-corrected chi connectivity index (χ3v) is 7.27. The molecule has 0 aliphatic carbocycles. The predicted octanol–water partition coefficient (Wildman–Crippen LogP) is 5.80. The molecule has 0 aromatic heterocycles. The van der Waals surface area contributed by atoms with Gasteiger partial charge < -0.3 is 19.7 Å². The van der Waals surface area contributed by atoms with Crippen LogP contribution in [0, 0.1) is 0 Å². The molecule has 3 aromatic rings. The van der Waals surface area contributed by atoms with E-state index in [1.54, 1.807) is 32.4 Å². The highest BCUT2D eigenvalue weighted by molar-refractivity contribution is 6.31. The van der Waals surface area contributed by atoms with Crippen LogP contribution in [0.15, 0.2) is 72.8 Å². The van der Waals surface area contributed by atoms with Crippen LogP contribution in [-0.2, 0) is 12.8 Å². The van der Waals surface area contributed by atoms with Crippen molar-refractivity contribution in [1.29, 1.82) is 0 Å². The van der Waals surface area contributed by atoms with Crippen molar-refractivity contribution < 1.29 is 14.3 Å². The monoisotopic (exact) mass is 506 g/mol. The third kappa shape index (κ3) is 6.80. The number of nitrogens with zero attached hydrogens (tertiary/aromatic N) is 1. The fraction of sp³-hybridized carbons (Fsp3) is 0.367. The van der Waals surface area contributed by atoms with Crippen LogP contribution in [0.2, 0.25) is 5.02 Å². The molecule has 0 spiro atoms. The van der Waals surface area contributed by atoms with E-state index < -0.39 is 0 Å². The van der Waals surface area contributed by atoms with Gasteiger partial charge in [0.1, 0.15) is 11.5 Å². The van der Waals surface area contributed by atoms with Crippen molar-refractivity contribution in [3.63, 3.8) is 0 Å². The molecule has 36 heavy (non-hydrogen) atoms.